The molecule has 0 spiro atoms. The van der Waals surface area contributed by atoms with Crippen LogP contribution < -0.4 is 15.8 Å². The van der Waals surface area contributed by atoms with Crippen LogP contribution >= 0.6 is 0 Å². The summed E-state index contributed by atoms with van der Waals surface area (Å²) in [6.07, 6.45) is 0. The number of nitrogens with one attached hydrogen (secondary N) is 1. The van der Waals surface area contributed by atoms with Crippen molar-refractivity contribution in [2.45, 2.75) is 6.54 Å². The van der Waals surface area contributed by atoms with Gasteiger partial charge >= 0.3 is 0 Å². The fourth-order valence-electron chi connectivity index (χ4n) is 1.57. The molecular weight excluding hydrogens is 248 g/mol. The highest BCUT2D eigenvalue weighted by Gasteiger charge is 2.12. The Labute approximate surface area is 109 Å². The van der Waals surface area contributed by atoms with Gasteiger partial charge in [0.15, 0.2) is 17.3 Å². The third-order valence-corrected chi connectivity index (χ3v) is 2.52. The first-order chi connectivity index (χ1) is 9.13. The number of furan rings is 1. The molecule has 6 nitrogen and oxygen atoms in total. The van der Waals surface area contributed by atoms with Crippen LogP contribution in [0.2, 0.25) is 0 Å². The number of hydrogen-bond acceptors (Lipinski definition) is 5. The first kappa shape index (κ1) is 13.0. The number of methoxy groups -OCH3 is 1. The minimum Gasteiger partial charge on any atom is -0.504 e. The zero-order valence-electron chi connectivity index (χ0n) is 10.3. The molecule has 0 radical (unpaired) electrons. The van der Waals surface area contributed by atoms with Gasteiger partial charge in [0.2, 0.25) is 0 Å². The Kier molecular flexibility index (Phi) is 3.72. The lowest BCUT2D eigenvalue weighted by Gasteiger charge is -2.06. The van der Waals surface area contributed by atoms with Gasteiger partial charge in [-0.25, -0.2) is 0 Å². The average molecular weight is 262 g/mol. The Balaban J connectivity index is 2.12. The smallest absolute Gasteiger partial charge is 0.291 e. The lowest BCUT2D eigenvalue weighted by atomic mass is 10.2. The van der Waals surface area contributed by atoms with Crippen LogP contribution in [0.4, 0.5) is 5.69 Å². The summed E-state index contributed by atoms with van der Waals surface area (Å²) in [5.41, 5.74) is 5.83. The van der Waals surface area contributed by atoms with Crippen LogP contribution in [0.5, 0.6) is 11.5 Å². The van der Waals surface area contributed by atoms with Gasteiger partial charge in [0.1, 0.15) is 5.76 Å². The molecule has 0 bridgehead atoms. The normalized spacial score (nSPS) is 10.2. The molecule has 1 amide bonds. The fourth-order valence-corrected chi connectivity index (χ4v) is 1.57. The van der Waals surface area contributed by atoms with Crippen LogP contribution in [-0.2, 0) is 6.54 Å². The molecule has 1 aromatic carbocycles. The maximum absolute atomic E-state index is 11.9. The molecule has 1 heterocycles. The largest absolute Gasteiger partial charge is 0.504 e. The summed E-state index contributed by atoms with van der Waals surface area (Å²) in [6, 6.07) is 7.74. The quantitative estimate of drug-likeness (QED) is 0.779. The van der Waals surface area contributed by atoms with E-state index in [1.54, 1.807) is 24.3 Å². The molecule has 4 N–H and O–H groups in total. The van der Waals surface area contributed by atoms with Crippen molar-refractivity contribution in [1.29, 1.82) is 0 Å². The highest BCUT2D eigenvalue weighted by molar-refractivity contribution is 6.02. The van der Waals surface area contributed by atoms with Gasteiger partial charge in [-0.3, -0.25) is 4.79 Å². The second-order valence-corrected chi connectivity index (χ2v) is 3.81. The number of rotatable bonds is 4. The lowest BCUT2D eigenvalue weighted by molar-refractivity contribution is 0.0995. The van der Waals surface area contributed by atoms with Gasteiger partial charge in [0, 0.05) is 11.8 Å². The molecule has 0 atom stereocenters. The summed E-state index contributed by atoms with van der Waals surface area (Å²) in [5, 5.41) is 12.2. The standard InChI is InChI=1S/C13H14N2O4/c1-18-11-4-2-8(6-10(11)16)15-13(17)12-5-3-9(7-14)19-12/h2-6,16H,7,14H2,1H3,(H,15,17). The number of hydrogen-bond donors (Lipinski definition) is 3. The average Bonchev–Trinajstić information content (AvgIpc) is 2.88. The first-order valence-electron chi connectivity index (χ1n) is 5.61. The van der Waals surface area contributed by atoms with Crippen molar-refractivity contribution in [3.05, 3.63) is 41.9 Å². The van der Waals surface area contributed by atoms with Gasteiger partial charge in [-0.15, -0.1) is 0 Å². The maximum atomic E-state index is 11.9. The van der Waals surface area contributed by atoms with Crippen molar-refractivity contribution >= 4 is 11.6 Å². The van der Waals surface area contributed by atoms with Crippen molar-refractivity contribution in [1.82, 2.24) is 0 Å². The number of phenolic OH excluding ortho intramolecular Hbond substituents is 1. The van der Waals surface area contributed by atoms with Gasteiger partial charge in [-0.2, -0.15) is 0 Å². The zero-order chi connectivity index (χ0) is 13.8. The van der Waals surface area contributed by atoms with Crippen LogP contribution in [0.25, 0.3) is 0 Å². The summed E-state index contributed by atoms with van der Waals surface area (Å²) in [7, 11) is 1.45. The molecular formula is C13H14N2O4. The van der Waals surface area contributed by atoms with Crippen molar-refractivity contribution in [3.63, 3.8) is 0 Å². The summed E-state index contributed by atoms with van der Waals surface area (Å²) in [4.78, 5) is 11.9. The molecule has 2 aromatic rings. The number of nitrogens with two attached hydrogens (primary N) is 1. The Morgan fingerprint density at radius 1 is 1.42 bits per heavy atom. The number of phenols is 1. The number of amides is 1. The molecule has 0 saturated carbocycles. The number of carbonyl (C=O) groups excluding carboxylic acids is 1. The van der Waals surface area contributed by atoms with Crippen molar-refractivity contribution in [3.8, 4) is 11.5 Å². The molecule has 0 unspecified atom stereocenters. The number of anilines is 1. The van der Waals surface area contributed by atoms with E-state index < -0.39 is 5.91 Å². The summed E-state index contributed by atoms with van der Waals surface area (Å²) >= 11 is 0. The van der Waals surface area contributed by atoms with Crippen LogP contribution in [0.3, 0.4) is 0 Å². The van der Waals surface area contributed by atoms with Gasteiger partial charge in [0.25, 0.3) is 5.91 Å². The molecule has 0 aliphatic heterocycles. The minimum atomic E-state index is -0.413. The minimum absolute atomic E-state index is 0.0533. The number of carbonyl (C=O) groups is 1. The van der Waals surface area contributed by atoms with E-state index in [0.717, 1.165) is 0 Å². The van der Waals surface area contributed by atoms with Crippen molar-refractivity contribution in [2.24, 2.45) is 5.73 Å². The predicted molar refractivity (Wildman–Crippen MR) is 69.2 cm³/mol. The molecule has 100 valence electrons. The van der Waals surface area contributed by atoms with Crippen LogP contribution in [0.15, 0.2) is 34.7 Å². The van der Waals surface area contributed by atoms with E-state index in [4.69, 9.17) is 14.9 Å². The molecule has 0 aliphatic carbocycles. The molecule has 19 heavy (non-hydrogen) atoms. The maximum Gasteiger partial charge on any atom is 0.291 e. The highest BCUT2D eigenvalue weighted by Crippen LogP contribution is 2.28. The van der Waals surface area contributed by atoms with Gasteiger partial charge in [-0.05, 0) is 24.3 Å². The fraction of sp³-hybridized carbons (Fsp3) is 0.154. The van der Waals surface area contributed by atoms with Crippen LogP contribution in [0, 0.1) is 0 Å². The zero-order valence-corrected chi connectivity index (χ0v) is 10.3. The van der Waals surface area contributed by atoms with E-state index in [2.05, 4.69) is 5.32 Å². The SMILES string of the molecule is COc1ccc(NC(=O)c2ccc(CN)o2)cc1O. The molecule has 2 rings (SSSR count). The van der Waals surface area contributed by atoms with Crippen molar-refractivity contribution in [2.75, 3.05) is 12.4 Å². The van der Waals surface area contributed by atoms with Gasteiger partial charge in [-0.1, -0.05) is 0 Å². The monoisotopic (exact) mass is 262 g/mol. The molecule has 6 heteroatoms. The van der Waals surface area contributed by atoms with E-state index in [0.29, 0.717) is 17.2 Å². The van der Waals surface area contributed by atoms with E-state index in [9.17, 15) is 9.90 Å². The summed E-state index contributed by atoms with van der Waals surface area (Å²) in [5.74, 6) is 0.562. The third-order valence-electron chi connectivity index (χ3n) is 2.52. The van der Waals surface area contributed by atoms with E-state index in [-0.39, 0.29) is 18.1 Å². The second kappa shape index (κ2) is 5.45. The molecule has 0 aliphatic rings. The van der Waals surface area contributed by atoms with Crippen molar-refractivity contribution < 1.29 is 19.1 Å². The van der Waals surface area contributed by atoms with E-state index >= 15 is 0 Å². The molecule has 0 fully saturated rings. The number of ether oxygens (including phenoxy) is 1. The summed E-state index contributed by atoms with van der Waals surface area (Å²) < 4.78 is 10.1. The Morgan fingerprint density at radius 3 is 2.79 bits per heavy atom. The van der Waals surface area contributed by atoms with Crippen LogP contribution in [-0.4, -0.2) is 18.1 Å². The predicted octanol–water partition coefficient (Wildman–Crippen LogP) is 1.70. The summed E-state index contributed by atoms with van der Waals surface area (Å²) in [6.45, 7) is 0.233. The van der Waals surface area contributed by atoms with Crippen LogP contribution in [0.1, 0.15) is 16.3 Å². The first-order valence-corrected chi connectivity index (χ1v) is 5.61. The second-order valence-electron chi connectivity index (χ2n) is 3.81. The Hall–Kier alpha value is -2.47. The topological polar surface area (TPSA) is 97.7 Å². The third kappa shape index (κ3) is 2.86. The highest BCUT2D eigenvalue weighted by atomic mass is 16.5. The number of benzene rings is 1. The Morgan fingerprint density at radius 2 is 2.21 bits per heavy atom. The van der Waals surface area contributed by atoms with Gasteiger partial charge < -0.3 is 25.3 Å². The lowest BCUT2D eigenvalue weighted by Crippen LogP contribution is -2.10. The molecule has 1 aromatic heterocycles. The number of aromatic hydroxyl groups is 1. The van der Waals surface area contributed by atoms with E-state index in [1.165, 1.54) is 13.2 Å². The van der Waals surface area contributed by atoms with Gasteiger partial charge in [0.05, 0.1) is 13.7 Å². The molecule has 0 saturated heterocycles. The van der Waals surface area contributed by atoms with E-state index in [1.807, 2.05) is 0 Å². The Bertz CT molecular complexity index is 592.